The molecule has 0 aromatic carbocycles. The summed E-state index contributed by atoms with van der Waals surface area (Å²) < 4.78 is 0.660. The Morgan fingerprint density at radius 2 is 1.92 bits per heavy atom. The maximum Gasteiger partial charge on any atom is 0.0362 e. The molecule has 0 aromatic rings. The third-order valence-electron chi connectivity index (χ3n) is 2.33. The van der Waals surface area contributed by atoms with Crippen LogP contribution in [0.3, 0.4) is 0 Å². The van der Waals surface area contributed by atoms with Crippen molar-refractivity contribution in [3.05, 3.63) is 23.8 Å². The zero-order valence-corrected chi connectivity index (χ0v) is 10.4. The molecular formula is C11H17I. The first-order valence-electron chi connectivity index (χ1n) is 4.42. The van der Waals surface area contributed by atoms with Crippen molar-refractivity contribution in [2.24, 2.45) is 11.3 Å². The highest BCUT2D eigenvalue weighted by Crippen LogP contribution is 2.37. The summed E-state index contributed by atoms with van der Waals surface area (Å²) in [6.07, 6.45) is 6.95. The Kier molecular flexibility index (Phi) is 3.02. The molecule has 0 amide bonds. The highest BCUT2D eigenvalue weighted by atomic mass is 127. The summed E-state index contributed by atoms with van der Waals surface area (Å²) in [7, 11) is 0. The first kappa shape index (κ1) is 10.3. The average Bonchev–Trinajstić information content (AvgIpc) is 1.83. The van der Waals surface area contributed by atoms with Crippen LogP contribution in [0, 0.1) is 11.3 Å². The monoisotopic (exact) mass is 276 g/mol. The van der Waals surface area contributed by atoms with Gasteiger partial charge in [0.1, 0.15) is 0 Å². The Bertz CT molecular complexity index is 218. The Labute approximate surface area is 89.3 Å². The van der Waals surface area contributed by atoms with Crippen molar-refractivity contribution in [1.82, 2.24) is 0 Å². The SMILES string of the molecule is CC1=C[C@H](I)C(C(C)(C)C)C=C1. The van der Waals surface area contributed by atoms with E-state index in [4.69, 9.17) is 0 Å². The van der Waals surface area contributed by atoms with Crippen LogP contribution in [0.25, 0.3) is 0 Å². The third-order valence-corrected chi connectivity index (χ3v) is 3.47. The normalized spacial score (nSPS) is 30.2. The molecule has 1 rings (SSSR count). The van der Waals surface area contributed by atoms with Gasteiger partial charge in [-0.3, -0.25) is 0 Å². The molecule has 0 aromatic heterocycles. The summed E-state index contributed by atoms with van der Waals surface area (Å²) in [5, 5.41) is 0. The average molecular weight is 276 g/mol. The standard InChI is InChI=1S/C11H17I/c1-8-5-6-9(10(12)7-8)11(2,3)4/h5-7,9-10H,1-4H3/t9?,10-/m0/s1. The van der Waals surface area contributed by atoms with Gasteiger partial charge in [0.25, 0.3) is 0 Å². The van der Waals surface area contributed by atoms with Gasteiger partial charge < -0.3 is 0 Å². The number of halogens is 1. The number of alkyl halides is 1. The lowest BCUT2D eigenvalue weighted by atomic mass is 9.76. The van der Waals surface area contributed by atoms with Crippen LogP contribution in [0.2, 0.25) is 0 Å². The van der Waals surface area contributed by atoms with E-state index in [1.807, 2.05) is 0 Å². The molecule has 0 radical (unpaired) electrons. The first-order valence-corrected chi connectivity index (χ1v) is 5.66. The van der Waals surface area contributed by atoms with Crippen molar-refractivity contribution in [3.8, 4) is 0 Å². The van der Waals surface area contributed by atoms with Crippen LogP contribution in [-0.4, -0.2) is 3.92 Å². The lowest BCUT2D eigenvalue weighted by molar-refractivity contribution is 0.303. The molecule has 1 unspecified atom stereocenters. The van der Waals surface area contributed by atoms with E-state index in [2.05, 4.69) is 68.5 Å². The van der Waals surface area contributed by atoms with E-state index >= 15 is 0 Å². The molecule has 0 nitrogen and oxygen atoms in total. The first-order chi connectivity index (χ1) is 5.41. The predicted octanol–water partition coefficient (Wildman–Crippen LogP) is 3.97. The molecule has 1 aliphatic carbocycles. The van der Waals surface area contributed by atoms with E-state index < -0.39 is 0 Å². The van der Waals surface area contributed by atoms with Crippen LogP contribution in [0.5, 0.6) is 0 Å². The fraction of sp³-hybridized carbons (Fsp3) is 0.636. The second-order valence-corrected chi connectivity index (χ2v) is 6.04. The topological polar surface area (TPSA) is 0 Å². The summed E-state index contributed by atoms with van der Waals surface area (Å²) in [5.41, 5.74) is 1.79. The highest BCUT2D eigenvalue weighted by molar-refractivity contribution is 14.1. The summed E-state index contributed by atoms with van der Waals surface area (Å²) >= 11 is 2.53. The molecule has 0 aliphatic heterocycles. The van der Waals surface area contributed by atoms with Crippen LogP contribution in [0.1, 0.15) is 27.7 Å². The molecule has 0 spiro atoms. The molecule has 12 heavy (non-hydrogen) atoms. The van der Waals surface area contributed by atoms with E-state index in [1.54, 1.807) is 0 Å². The van der Waals surface area contributed by atoms with Gasteiger partial charge in [-0.05, 0) is 18.3 Å². The minimum atomic E-state index is 0.388. The van der Waals surface area contributed by atoms with E-state index in [0.29, 0.717) is 15.3 Å². The van der Waals surface area contributed by atoms with Crippen molar-refractivity contribution in [1.29, 1.82) is 0 Å². The molecule has 0 N–H and O–H groups in total. The van der Waals surface area contributed by atoms with Crippen molar-refractivity contribution >= 4 is 22.6 Å². The molecular weight excluding hydrogens is 259 g/mol. The Morgan fingerprint density at radius 1 is 1.33 bits per heavy atom. The molecule has 0 fully saturated rings. The maximum atomic E-state index is 2.53. The van der Waals surface area contributed by atoms with Crippen molar-refractivity contribution in [3.63, 3.8) is 0 Å². The Hall–Kier alpha value is 0.210. The van der Waals surface area contributed by atoms with Gasteiger partial charge in [0.05, 0.1) is 0 Å². The molecule has 2 atom stereocenters. The van der Waals surface area contributed by atoms with Crippen LogP contribution in [0.4, 0.5) is 0 Å². The molecule has 0 bridgehead atoms. The van der Waals surface area contributed by atoms with Crippen molar-refractivity contribution in [2.75, 3.05) is 0 Å². The van der Waals surface area contributed by atoms with E-state index in [9.17, 15) is 0 Å². The molecule has 0 saturated carbocycles. The molecule has 1 heteroatoms. The van der Waals surface area contributed by atoms with Gasteiger partial charge in [0.15, 0.2) is 0 Å². The Morgan fingerprint density at radius 3 is 2.33 bits per heavy atom. The van der Waals surface area contributed by atoms with Crippen LogP contribution >= 0.6 is 22.6 Å². The molecule has 1 aliphatic rings. The van der Waals surface area contributed by atoms with Crippen molar-refractivity contribution < 1.29 is 0 Å². The summed E-state index contributed by atoms with van der Waals surface area (Å²) in [4.78, 5) is 0. The van der Waals surface area contributed by atoms with E-state index in [0.717, 1.165) is 0 Å². The third kappa shape index (κ3) is 2.35. The number of hydrogen-bond acceptors (Lipinski definition) is 0. The maximum absolute atomic E-state index is 2.53. The van der Waals surface area contributed by atoms with Crippen LogP contribution in [-0.2, 0) is 0 Å². The number of allylic oxidation sites excluding steroid dienone is 4. The van der Waals surface area contributed by atoms with Gasteiger partial charge in [-0.1, -0.05) is 67.2 Å². The van der Waals surface area contributed by atoms with Gasteiger partial charge in [-0.15, -0.1) is 0 Å². The smallest absolute Gasteiger partial charge is 0.0362 e. The van der Waals surface area contributed by atoms with Gasteiger partial charge in [-0.25, -0.2) is 0 Å². The fourth-order valence-electron chi connectivity index (χ4n) is 1.54. The molecule has 68 valence electrons. The lowest BCUT2D eigenvalue weighted by Crippen LogP contribution is -2.27. The van der Waals surface area contributed by atoms with E-state index in [1.165, 1.54) is 5.57 Å². The zero-order chi connectivity index (χ0) is 9.35. The minimum absolute atomic E-state index is 0.388. The van der Waals surface area contributed by atoms with Crippen LogP contribution < -0.4 is 0 Å². The second kappa shape index (κ2) is 3.52. The predicted molar refractivity (Wildman–Crippen MR) is 63.7 cm³/mol. The van der Waals surface area contributed by atoms with Gasteiger partial charge in [-0.2, -0.15) is 0 Å². The summed E-state index contributed by atoms with van der Waals surface area (Å²) in [5.74, 6) is 0.682. The van der Waals surface area contributed by atoms with Gasteiger partial charge in [0, 0.05) is 3.92 Å². The number of rotatable bonds is 0. The largest absolute Gasteiger partial charge is 0.0793 e. The summed E-state index contributed by atoms with van der Waals surface area (Å²) in [6, 6.07) is 0. The van der Waals surface area contributed by atoms with Crippen molar-refractivity contribution in [2.45, 2.75) is 31.6 Å². The quantitative estimate of drug-likeness (QED) is 0.464. The van der Waals surface area contributed by atoms with Crippen LogP contribution in [0.15, 0.2) is 23.8 Å². The second-order valence-electron chi connectivity index (χ2n) is 4.61. The highest BCUT2D eigenvalue weighted by Gasteiger charge is 2.28. The Balaban J connectivity index is 2.80. The summed E-state index contributed by atoms with van der Waals surface area (Å²) in [6.45, 7) is 9.09. The fourth-order valence-corrected chi connectivity index (χ4v) is 3.42. The number of hydrogen-bond donors (Lipinski definition) is 0. The lowest BCUT2D eigenvalue weighted by Gasteiger charge is -2.33. The zero-order valence-electron chi connectivity index (χ0n) is 8.26. The van der Waals surface area contributed by atoms with Gasteiger partial charge >= 0.3 is 0 Å². The molecule has 0 saturated heterocycles. The van der Waals surface area contributed by atoms with E-state index in [-0.39, 0.29) is 0 Å². The van der Waals surface area contributed by atoms with Gasteiger partial charge in [0.2, 0.25) is 0 Å². The molecule has 0 heterocycles. The minimum Gasteiger partial charge on any atom is -0.0793 e.